The van der Waals surface area contributed by atoms with Crippen LogP contribution < -0.4 is 5.32 Å². The number of halogens is 1. The van der Waals surface area contributed by atoms with Gasteiger partial charge >= 0.3 is 0 Å². The number of aromatic nitrogens is 1. The van der Waals surface area contributed by atoms with E-state index in [1.54, 1.807) is 0 Å². The second kappa shape index (κ2) is 4.18. The first-order valence-corrected chi connectivity index (χ1v) is 7.59. The van der Waals surface area contributed by atoms with Crippen molar-refractivity contribution in [2.24, 2.45) is 17.8 Å². The lowest BCUT2D eigenvalue weighted by Crippen LogP contribution is -2.31. The molecule has 5 heteroatoms. The summed E-state index contributed by atoms with van der Waals surface area (Å²) in [6, 6.07) is 0. The van der Waals surface area contributed by atoms with Crippen LogP contribution in [0.25, 0.3) is 0 Å². The molecule has 20 heavy (non-hydrogen) atoms. The average molecular weight is 292 g/mol. The molecule has 1 aliphatic carbocycles. The number of rotatable bonds is 1. The number of amides is 1. The number of hydrogen-bond donors (Lipinski definition) is 1. The number of carbonyl (C=O) groups is 1. The Kier molecular flexibility index (Phi) is 2.63. The van der Waals surface area contributed by atoms with Gasteiger partial charge in [-0.25, -0.2) is 0 Å². The number of aryl methyl sites for hydroxylation is 1. The molecular formula is C15H18ClN3O. The highest BCUT2D eigenvalue weighted by atomic mass is 35.5. The molecule has 3 aliphatic rings. The quantitative estimate of drug-likeness (QED) is 0.856. The van der Waals surface area contributed by atoms with Gasteiger partial charge in [0.15, 0.2) is 0 Å². The van der Waals surface area contributed by atoms with Crippen LogP contribution in [0.2, 0.25) is 5.02 Å². The van der Waals surface area contributed by atoms with Crippen LogP contribution in [-0.2, 0) is 17.9 Å². The zero-order valence-corrected chi connectivity index (χ0v) is 12.5. The van der Waals surface area contributed by atoms with Crippen LogP contribution in [0.5, 0.6) is 0 Å². The van der Waals surface area contributed by atoms with Gasteiger partial charge in [-0.15, -0.1) is 0 Å². The molecule has 2 aliphatic heterocycles. The minimum atomic E-state index is 0.252. The van der Waals surface area contributed by atoms with E-state index in [1.807, 2.05) is 18.7 Å². The van der Waals surface area contributed by atoms with E-state index in [1.165, 1.54) is 0 Å². The summed E-state index contributed by atoms with van der Waals surface area (Å²) in [4.78, 5) is 19.1. The molecule has 2 atom stereocenters. The van der Waals surface area contributed by atoms with Crippen LogP contribution in [0.4, 0.5) is 0 Å². The normalized spacial score (nSPS) is 30.4. The molecule has 2 unspecified atom stereocenters. The fourth-order valence-corrected chi connectivity index (χ4v) is 4.02. The maximum Gasteiger partial charge on any atom is 0.227 e. The molecule has 0 spiro atoms. The Morgan fingerprint density at radius 3 is 2.70 bits per heavy atom. The first-order chi connectivity index (χ1) is 9.58. The third kappa shape index (κ3) is 1.64. The van der Waals surface area contributed by atoms with Crippen LogP contribution in [-0.4, -0.2) is 28.9 Å². The number of hydrogen-bond acceptors (Lipinski definition) is 3. The molecule has 3 heterocycles. The van der Waals surface area contributed by atoms with Crippen molar-refractivity contribution in [2.75, 3.05) is 13.1 Å². The summed E-state index contributed by atoms with van der Waals surface area (Å²) >= 11 is 6.27. The lowest BCUT2D eigenvalue weighted by Gasteiger charge is -2.16. The molecule has 0 aromatic carbocycles. The van der Waals surface area contributed by atoms with Crippen molar-refractivity contribution < 1.29 is 4.79 Å². The van der Waals surface area contributed by atoms with E-state index in [2.05, 4.69) is 10.3 Å². The Morgan fingerprint density at radius 1 is 1.30 bits per heavy atom. The molecule has 1 aromatic heterocycles. The second-order valence-corrected chi connectivity index (χ2v) is 6.65. The third-order valence-electron chi connectivity index (χ3n) is 5.13. The molecule has 106 valence electrons. The highest BCUT2D eigenvalue weighted by molar-refractivity contribution is 6.32. The summed E-state index contributed by atoms with van der Waals surface area (Å²) in [5, 5.41) is 4.08. The molecule has 1 aromatic rings. The highest BCUT2D eigenvalue weighted by Gasteiger charge is 2.58. The van der Waals surface area contributed by atoms with E-state index in [9.17, 15) is 4.79 Å². The van der Waals surface area contributed by atoms with Gasteiger partial charge in [0, 0.05) is 12.5 Å². The molecule has 2 fully saturated rings. The standard InChI is InChI=1S/C15H18ClN3O/c1-7-11-5-19(6-12(11)18-8(2)14(7)16)15(20)13-9-3-17-4-10(9)13/h9-10,13,17H,3-6H2,1-2H3. The minimum absolute atomic E-state index is 0.252. The van der Waals surface area contributed by atoms with Crippen molar-refractivity contribution in [3.8, 4) is 0 Å². The molecule has 1 saturated heterocycles. The number of carbonyl (C=O) groups excluding carboxylic acids is 1. The molecule has 1 saturated carbocycles. The maximum absolute atomic E-state index is 12.6. The number of nitrogens with zero attached hydrogens (tertiary/aromatic N) is 2. The summed E-state index contributed by atoms with van der Waals surface area (Å²) < 4.78 is 0. The number of pyridine rings is 1. The van der Waals surface area contributed by atoms with Crippen LogP contribution in [0, 0.1) is 31.6 Å². The predicted molar refractivity (Wildman–Crippen MR) is 76.3 cm³/mol. The van der Waals surface area contributed by atoms with E-state index in [0.29, 0.717) is 30.8 Å². The summed E-state index contributed by atoms with van der Waals surface area (Å²) in [5.41, 5.74) is 4.13. The SMILES string of the molecule is Cc1nc2c(c(C)c1Cl)CN(C(=O)C1C3CNCC31)C2. The van der Waals surface area contributed by atoms with Crippen molar-refractivity contribution in [2.45, 2.75) is 26.9 Å². The van der Waals surface area contributed by atoms with Crippen molar-refractivity contribution in [1.29, 1.82) is 0 Å². The zero-order chi connectivity index (χ0) is 14.0. The van der Waals surface area contributed by atoms with E-state index >= 15 is 0 Å². The second-order valence-electron chi connectivity index (χ2n) is 6.27. The molecule has 4 nitrogen and oxygen atoms in total. The summed E-state index contributed by atoms with van der Waals surface area (Å²) in [7, 11) is 0. The number of nitrogens with one attached hydrogen (secondary N) is 1. The van der Waals surface area contributed by atoms with E-state index in [-0.39, 0.29) is 5.92 Å². The first kappa shape index (κ1) is 12.6. The largest absolute Gasteiger partial charge is 0.332 e. The Bertz CT molecular complexity index is 606. The number of piperidine rings is 1. The van der Waals surface area contributed by atoms with E-state index < -0.39 is 0 Å². The van der Waals surface area contributed by atoms with Crippen LogP contribution in [0.1, 0.15) is 22.5 Å². The van der Waals surface area contributed by atoms with Crippen molar-refractivity contribution in [3.05, 3.63) is 27.5 Å². The molecule has 1 amide bonds. The molecular weight excluding hydrogens is 274 g/mol. The van der Waals surface area contributed by atoms with Gasteiger partial charge < -0.3 is 10.2 Å². The van der Waals surface area contributed by atoms with Crippen LogP contribution >= 0.6 is 11.6 Å². The number of fused-ring (bicyclic) bond motifs is 2. The van der Waals surface area contributed by atoms with Crippen molar-refractivity contribution >= 4 is 17.5 Å². The van der Waals surface area contributed by atoms with Gasteiger partial charge in [-0.1, -0.05) is 11.6 Å². The topological polar surface area (TPSA) is 45.2 Å². The van der Waals surface area contributed by atoms with Gasteiger partial charge in [-0.3, -0.25) is 9.78 Å². The highest BCUT2D eigenvalue weighted by Crippen LogP contribution is 2.50. The summed E-state index contributed by atoms with van der Waals surface area (Å²) in [6.45, 7) is 7.29. The van der Waals surface area contributed by atoms with Gasteiger partial charge in [0.2, 0.25) is 5.91 Å². The Labute approximate surface area is 123 Å². The average Bonchev–Trinajstić information content (AvgIpc) is 2.82. The summed E-state index contributed by atoms with van der Waals surface area (Å²) in [5.74, 6) is 1.71. The Morgan fingerprint density at radius 2 is 2.00 bits per heavy atom. The fraction of sp³-hybridized carbons (Fsp3) is 0.600. The fourth-order valence-electron chi connectivity index (χ4n) is 3.86. The van der Waals surface area contributed by atoms with Crippen molar-refractivity contribution in [1.82, 2.24) is 15.2 Å². The van der Waals surface area contributed by atoms with Crippen molar-refractivity contribution in [3.63, 3.8) is 0 Å². The lowest BCUT2D eigenvalue weighted by molar-refractivity contribution is -0.134. The summed E-state index contributed by atoms with van der Waals surface area (Å²) in [6.07, 6.45) is 0. The minimum Gasteiger partial charge on any atom is -0.332 e. The van der Waals surface area contributed by atoms with Crippen LogP contribution in [0.3, 0.4) is 0 Å². The van der Waals surface area contributed by atoms with Crippen LogP contribution in [0.15, 0.2) is 0 Å². The molecule has 0 bridgehead atoms. The smallest absolute Gasteiger partial charge is 0.227 e. The predicted octanol–water partition coefficient (Wildman–Crippen LogP) is 1.66. The monoisotopic (exact) mass is 291 g/mol. The molecule has 4 rings (SSSR count). The van der Waals surface area contributed by atoms with E-state index in [4.69, 9.17) is 11.6 Å². The van der Waals surface area contributed by atoms with E-state index in [0.717, 1.165) is 40.6 Å². The lowest BCUT2D eigenvalue weighted by atomic mass is 10.1. The first-order valence-electron chi connectivity index (χ1n) is 7.22. The third-order valence-corrected chi connectivity index (χ3v) is 5.69. The van der Waals surface area contributed by atoms with Gasteiger partial charge in [-0.2, -0.15) is 0 Å². The van der Waals surface area contributed by atoms with Gasteiger partial charge in [0.1, 0.15) is 0 Å². The Balaban J connectivity index is 1.57. The van der Waals surface area contributed by atoms with Gasteiger partial charge in [0.25, 0.3) is 0 Å². The molecule has 0 radical (unpaired) electrons. The maximum atomic E-state index is 12.6. The molecule has 1 N–H and O–H groups in total. The van der Waals surface area contributed by atoms with Gasteiger partial charge in [-0.05, 0) is 49.9 Å². The van der Waals surface area contributed by atoms with Gasteiger partial charge in [0.05, 0.1) is 23.0 Å². The Hall–Kier alpha value is -1.13. The zero-order valence-electron chi connectivity index (χ0n) is 11.7.